The van der Waals surface area contributed by atoms with E-state index in [9.17, 15) is 19.3 Å². The summed E-state index contributed by atoms with van der Waals surface area (Å²) < 4.78 is 29.3. The van der Waals surface area contributed by atoms with Crippen LogP contribution in [0.2, 0.25) is 0 Å². The average molecular weight is 374 g/mol. The highest BCUT2D eigenvalue weighted by Crippen LogP contribution is 2.31. The van der Waals surface area contributed by atoms with Gasteiger partial charge in [0.1, 0.15) is 17.3 Å². The summed E-state index contributed by atoms with van der Waals surface area (Å²) >= 11 is 0. The predicted octanol–water partition coefficient (Wildman–Crippen LogP) is 3.26. The highest BCUT2D eigenvalue weighted by molar-refractivity contribution is 6.03. The minimum absolute atomic E-state index is 0.0382. The standard InChI is InChI=1S/C18H15FN2O6/c1-25-16-4-3-14(21(23)24)8-15(16)20-17(22)5-2-11-6-13(19)7-12-9-26-10-27-18(11)12/h2-8H,9-10H2,1H3,(H,20,22)/b5-2+. The number of nitro benzene ring substituents is 1. The SMILES string of the molecule is COc1ccc([N+](=O)[O-])cc1NC(=O)/C=C/c1cc(F)cc2c1OCOC2. The number of rotatable bonds is 5. The molecule has 0 aliphatic carbocycles. The molecule has 1 N–H and O–H groups in total. The first kappa shape index (κ1) is 18.3. The van der Waals surface area contributed by atoms with E-state index in [-0.39, 0.29) is 30.5 Å². The van der Waals surface area contributed by atoms with Crippen molar-refractivity contribution in [1.29, 1.82) is 0 Å². The van der Waals surface area contributed by atoms with Gasteiger partial charge in [-0.3, -0.25) is 14.9 Å². The number of hydrogen-bond acceptors (Lipinski definition) is 6. The molecule has 0 fully saturated rings. The molecule has 0 unspecified atom stereocenters. The Morgan fingerprint density at radius 1 is 1.37 bits per heavy atom. The van der Waals surface area contributed by atoms with E-state index in [2.05, 4.69) is 5.32 Å². The molecule has 0 atom stereocenters. The number of non-ortho nitro benzene ring substituents is 1. The van der Waals surface area contributed by atoms with Crippen LogP contribution in [0, 0.1) is 15.9 Å². The van der Waals surface area contributed by atoms with Gasteiger partial charge < -0.3 is 19.5 Å². The van der Waals surface area contributed by atoms with Crippen molar-refractivity contribution in [2.24, 2.45) is 0 Å². The first-order valence-electron chi connectivity index (χ1n) is 7.82. The fourth-order valence-electron chi connectivity index (χ4n) is 2.58. The van der Waals surface area contributed by atoms with Crippen LogP contribution in [-0.4, -0.2) is 24.7 Å². The van der Waals surface area contributed by atoms with Gasteiger partial charge in [0.05, 0.1) is 24.3 Å². The number of halogens is 1. The molecule has 1 amide bonds. The summed E-state index contributed by atoms with van der Waals surface area (Å²) in [7, 11) is 1.38. The molecule has 0 bridgehead atoms. The number of ether oxygens (including phenoxy) is 3. The molecule has 140 valence electrons. The summed E-state index contributed by atoms with van der Waals surface area (Å²) in [6.07, 6.45) is 2.57. The van der Waals surface area contributed by atoms with E-state index < -0.39 is 16.6 Å². The van der Waals surface area contributed by atoms with Gasteiger partial charge in [-0.15, -0.1) is 0 Å². The Kier molecular flexibility index (Phi) is 5.32. The highest BCUT2D eigenvalue weighted by Gasteiger charge is 2.16. The number of nitro groups is 1. The van der Waals surface area contributed by atoms with Gasteiger partial charge in [-0.2, -0.15) is 0 Å². The molecule has 27 heavy (non-hydrogen) atoms. The molecule has 3 rings (SSSR count). The van der Waals surface area contributed by atoms with Crippen LogP contribution in [0.15, 0.2) is 36.4 Å². The van der Waals surface area contributed by atoms with E-state index in [1.807, 2.05) is 0 Å². The van der Waals surface area contributed by atoms with Crippen LogP contribution >= 0.6 is 0 Å². The van der Waals surface area contributed by atoms with Crippen LogP contribution in [-0.2, 0) is 16.1 Å². The molecule has 8 nitrogen and oxygen atoms in total. The predicted molar refractivity (Wildman–Crippen MR) is 94.0 cm³/mol. The third kappa shape index (κ3) is 4.21. The summed E-state index contributed by atoms with van der Waals surface area (Å²) in [5, 5.41) is 13.4. The van der Waals surface area contributed by atoms with Gasteiger partial charge in [0.15, 0.2) is 6.79 Å². The number of carbonyl (C=O) groups is 1. The molecule has 2 aromatic carbocycles. The topological polar surface area (TPSA) is 99.9 Å². The molecule has 1 aliphatic rings. The van der Waals surface area contributed by atoms with Crippen LogP contribution < -0.4 is 14.8 Å². The molecule has 0 saturated carbocycles. The Balaban J connectivity index is 1.82. The Hall–Kier alpha value is -3.46. The first-order valence-corrected chi connectivity index (χ1v) is 7.82. The molecular formula is C18H15FN2O6. The molecule has 1 heterocycles. The summed E-state index contributed by atoms with van der Waals surface area (Å²) in [4.78, 5) is 22.5. The molecule has 0 spiro atoms. The Morgan fingerprint density at radius 2 is 2.19 bits per heavy atom. The maximum atomic E-state index is 13.7. The summed E-state index contributed by atoms with van der Waals surface area (Å²) in [5.41, 5.74) is 0.881. The zero-order chi connectivity index (χ0) is 19.4. The number of carbonyl (C=O) groups excluding carboxylic acids is 1. The minimum Gasteiger partial charge on any atom is -0.495 e. The summed E-state index contributed by atoms with van der Waals surface area (Å²) in [5.74, 6) is -0.340. The van der Waals surface area contributed by atoms with E-state index in [1.165, 1.54) is 49.6 Å². The van der Waals surface area contributed by atoms with Gasteiger partial charge in [0, 0.05) is 29.3 Å². The van der Waals surface area contributed by atoms with Crippen molar-refractivity contribution in [3.63, 3.8) is 0 Å². The fraction of sp³-hybridized carbons (Fsp3) is 0.167. The van der Waals surface area contributed by atoms with E-state index in [4.69, 9.17) is 14.2 Å². The molecule has 0 saturated heterocycles. The quantitative estimate of drug-likeness (QED) is 0.490. The van der Waals surface area contributed by atoms with Gasteiger partial charge in [-0.1, -0.05) is 0 Å². The zero-order valence-corrected chi connectivity index (χ0v) is 14.2. The van der Waals surface area contributed by atoms with E-state index in [0.717, 1.165) is 0 Å². The molecular weight excluding hydrogens is 359 g/mol. The number of nitrogens with zero attached hydrogens (tertiary/aromatic N) is 1. The lowest BCUT2D eigenvalue weighted by molar-refractivity contribution is -0.384. The number of fused-ring (bicyclic) bond motifs is 1. The van der Waals surface area contributed by atoms with Crippen molar-refractivity contribution in [3.05, 3.63) is 63.5 Å². The summed E-state index contributed by atoms with van der Waals surface area (Å²) in [6, 6.07) is 6.38. The van der Waals surface area contributed by atoms with Crippen molar-refractivity contribution >= 4 is 23.4 Å². The molecule has 9 heteroatoms. The van der Waals surface area contributed by atoms with Crippen LogP contribution in [0.5, 0.6) is 11.5 Å². The summed E-state index contributed by atoms with van der Waals surface area (Å²) in [6.45, 7) is 0.252. The molecule has 0 aromatic heterocycles. The van der Waals surface area contributed by atoms with Crippen molar-refractivity contribution in [3.8, 4) is 11.5 Å². The number of benzene rings is 2. The lowest BCUT2D eigenvalue weighted by Crippen LogP contribution is -2.13. The fourth-order valence-corrected chi connectivity index (χ4v) is 2.58. The highest BCUT2D eigenvalue weighted by atomic mass is 19.1. The molecule has 1 aliphatic heterocycles. The van der Waals surface area contributed by atoms with Crippen molar-refractivity contribution in [1.82, 2.24) is 0 Å². The number of hydrogen-bond donors (Lipinski definition) is 1. The lowest BCUT2D eigenvalue weighted by Gasteiger charge is -2.19. The maximum Gasteiger partial charge on any atom is 0.271 e. The van der Waals surface area contributed by atoms with Crippen LogP contribution in [0.4, 0.5) is 15.8 Å². The Morgan fingerprint density at radius 3 is 2.93 bits per heavy atom. The van der Waals surface area contributed by atoms with Gasteiger partial charge in [0.2, 0.25) is 5.91 Å². The third-order valence-electron chi connectivity index (χ3n) is 3.77. The average Bonchev–Trinajstić information content (AvgIpc) is 2.65. The van der Waals surface area contributed by atoms with Crippen molar-refractivity contribution < 1.29 is 28.3 Å². The molecule has 2 aromatic rings. The maximum absolute atomic E-state index is 13.7. The normalized spacial score (nSPS) is 13.0. The van der Waals surface area contributed by atoms with Gasteiger partial charge in [0.25, 0.3) is 5.69 Å². The second kappa shape index (κ2) is 7.83. The number of anilines is 1. The zero-order valence-electron chi connectivity index (χ0n) is 14.2. The minimum atomic E-state index is -0.580. The number of methoxy groups -OCH3 is 1. The van der Waals surface area contributed by atoms with Gasteiger partial charge in [-0.25, -0.2) is 4.39 Å². The second-order valence-electron chi connectivity index (χ2n) is 5.56. The Bertz CT molecular complexity index is 928. The van der Waals surface area contributed by atoms with Crippen LogP contribution in [0.1, 0.15) is 11.1 Å². The van der Waals surface area contributed by atoms with E-state index in [1.54, 1.807) is 0 Å². The van der Waals surface area contributed by atoms with Gasteiger partial charge in [-0.05, 0) is 24.3 Å². The van der Waals surface area contributed by atoms with Crippen LogP contribution in [0.3, 0.4) is 0 Å². The van der Waals surface area contributed by atoms with Crippen molar-refractivity contribution in [2.75, 3.05) is 19.2 Å². The largest absolute Gasteiger partial charge is 0.495 e. The van der Waals surface area contributed by atoms with E-state index in [0.29, 0.717) is 16.9 Å². The first-order chi connectivity index (χ1) is 13.0. The van der Waals surface area contributed by atoms with Crippen LogP contribution in [0.25, 0.3) is 6.08 Å². The monoisotopic (exact) mass is 374 g/mol. The third-order valence-corrected chi connectivity index (χ3v) is 3.77. The smallest absolute Gasteiger partial charge is 0.271 e. The Labute approximate surface area is 153 Å². The second-order valence-corrected chi connectivity index (χ2v) is 5.56. The van der Waals surface area contributed by atoms with E-state index >= 15 is 0 Å². The van der Waals surface area contributed by atoms with Gasteiger partial charge >= 0.3 is 0 Å². The van der Waals surface area contributed by atoms with Crippen molar-refractivity contribution in [2.45, 2.75) is 6.61 Å². The number of nitrogens with one attached hydrogen (secondary N) is 1. The molecule has 0 radical (unpaired) electrons. The number of amides is 1. The lowest BCUT2D eigenvalue weighted by atomic mass is 10.1.